The molecule has 0 unspecified atom stereocenters. The molecule has 1 aliphatic carbocycles. The number of ether oxygens (including phenoxy) is 2. The van der Waals surface area contributed by atoms with E-state index < -0.39 is 47.3 Å². The summed E-state index contributed by atoms with van der Waals surface area (Å²) in [4.78, 5) is 50.9. The van der Waals surface area contributed by atoms with Crippen LogP contribution in [-0.4, -0.2) is 126 Å². The van der Waals surface area contributed by atoms with E-state index >= 15 is 0 Å². The third kappa shape index (κ3) is 12.3. The molecule has 18 nitrogen and oxygen atoms in total. The highest BCUT2D eigenvalue weighted by molar-refractivity contribution is 7.94. The van der Waals surface area contributed by atoms with Crippen LogP contribution in [0.15, 0.2) is 100 Å². The summed E-state index contributed by atoms with van der Waals surface area (Å²) in [5.74, 6) is -0.137. The highest BCUT2D eigenvalue weighted by Crippen LogP contribution is 2.43. The molecule has 21 heteroatoms. The van der Waals surface area contributed by atoms with Gasteiger partial charge in [0, 0.05) is 104 Å². The van der Waals surface area contributed by atoms with Crippen molar-refractivity contribution in [3.05, 3.63) is 117 Å². The molecule has 2 fully saturated rings. The largest absolute Gasteiger partial charge is 0.455 e. The number of sulfonamides is 1. The van der Waals surface area contributed by atoms with Gasteiger partial charge in [0.1, 0.15) is 22.8 Å². The third-order valence-corrected chi connectivity index (χ3v) is 16.9. The number of benzene rings is 3. The Balaban J connectivity index is 0.954. The first-order valence-corrected chi connectivity index (χ1v) is 26.9. The lowest BCUT2D eigenvalue weighted by atomic mass is 9.72. The second-order valence-electron chi connectivity index (χ2n) is 18.9. The van der Waals surface area contributed by atoms with E-state index in [0.29, 0.717) is 55.6 Å². The van der Waals surface area contributed by atoms with E-state index in [2.05, 4.69) is 69.8 Å². The number of amides is 2. The van der Waals surface area contributed by atoms with Gasteiger partial charge in [-0.1, -0.05) is 43.2 Å². The summed E-state index contributed by atoms with van der Waals surface area (Å²) in [6, 6.07) is 19.9. The predicted molar refractivity (Wildman–Crippen MR) is 272 cm³/mol. The van der Waals surface area contributed by atoms with Gasteiger partial charge in [-0.05, 0) is 97.7 Å². The number of pyridine rings is 1. The van der Waals surface area contributed by atoms with Gasteiger partial charge in [-0.2, -0.15) is 0 Å². The van der Waals surface area contributed by atoms with E-state index in [1.807, 2.05) is 25.1 Å². The van der Waals surface area contributed by atoms with Crippen molar-refractivity contribution in [1.82, 2.24) is 24.5 Å². The van der Waals surface area contributed by atoms with Crippen LogP contribution in [-0.2, 0) is 24.5 Å². The third-order valence-electron chi connectivity index (χ3n) is 13.2. The molecule has 3 N–H and O–H groups in total. The number of halogens is 1. The topological polar surface area (TPSA) is 222 Å². The number of allylic oxidation sites excluding steroid dienone is 1. The first-order chi connectivity index (χ1) is 33.4. The van der Waals surface area contributed by atoms with Crippen LogP contribution in [0, 0.1) is 15.5 Å². The number of fused-ring (bicyclic) bond motifs is 1. The van der Waals surface area contributed by atoms with Crippen LogP contribution >= 0.6 is 11.6 Å². The van der Waals surface area contributed by atoms with Crippen molar-refractivity contribution in [2.24, 2.45) is 9.78 Å². The first kappa shape index (κ1) is 50.3. The Bertz CT molecular complexity index is 3040. The summed E-state index contributed by atoms with van der Waals surface area (Å²) < 4.78 is 57.2. The normalized spacial score (nSPS) is 18.0. The van der Waals surface area contributed by atoms with Gasteiger partial charge in [0.25, 0.3) is 21.6 Å². The number of anilines is 2. The van der Waals surface area contributed by atoms with Gasteiger partial charge in [0.2, 0.25) is 0 Å². The number of carbonyl (C=O) groups is 2. The number of nitro groups is 1. The summed E-state index contributed by atoms with van der Waals surface area (Å²) >= 11 is 6.25. The Morgan fingerprint density at radius 3 is 2.46 bits per heavy atom. The quantitative estimate of drug-likeness (QED) is 0.0661. The lowest BCUT2D eigenvalue weighted by molar-refractivity contribution is -0.384. The van der Waals surface area contributed by atoms with E-state index in [1.54, 1.807) is 24.4 Å². The van der Waals surface area contributed by atoms with Crippen LogP contribution < -0.4 is 19.7 Å². The van der Waals surface area contributed by atoms with Gasteiger partial charge < -0.3 is 29.6 Å². The number of carbonyl (C=O) groups excluding carboxylic acids is 2. The van der Waals surface area contributed by atoms with E-state index in [0.717, 1.165) is 56.0 Å². The number of aromatic amines is 1. The predicted octanol–water partition coefficient (Wildman–Crippen LogP) is 8.56. The maximum absolute atomic E-state index is 14.0. The molecular formula is C49H58ClN9O9S2. The van der Waals surface area contributed by atoms with Crippen molar-refractivity contribution in [2.75, 3.05) is 81.2 Å². The van der Waals surface area contributed by atoms with Gasteiger partial charge in [-0.25, -0.2) is 27.1 Å². The molecule has 2 saturated heterocycles. The van der Waals surface area contributed by atoms with E-state index in [1.165, 1.54) is 48.2 Å². The van der Waals surface area contributed by atoms with Crippen molar-refractivity contribution in [3.63, 3.8) is 0 Å². The van der Waals surface area contributed by atoms with Gasteiger partial charge in [-0.15, -0.1) is 4.36 Å². The molecule has 1 atom stereocenters. The van der Waals surface area contributed by atoms with Crippen LogP contribution in [0.3, 0.4) is 0 Å². The number of nitro benzene ring substituents is 1. The number of methoxy groups -OCH3 is 1. The van der Waals surface area contributed by atoms with Crippen molar-refractivity contribution in [1.29, 1.82) is 0 Å². The van der Waals surface area contributed by atoms with Crippen LogP contribution in [0.5, 0.6) is 11.5 Å². The molecule has 5 aromatic rings. The Morgan fingerprint density at radius 1 is 1.00 bits per heavy atom. The monoisotopic (exact) mass is 1020 g/mol. The van der Waals surface area contributed by atoms with E-state index in [-0.39, 0.29) is 40.0 Å². The fourth-order valence-corrected chi connectivity index (χ4v) is 12.1. The number of rotatable bonds is 15. The Hall–Kier alpha value is -6.06. The van der Waals surface area contributed by atoms with Gasteiger partial charge in [-0.3, -0.25) is 19.8 Å². The molecule has 70 heavy (non-hydrogen) atoms. The minimum Gasteiger partial charge on any atom is -0.455 e. The standard InChI is InChI=1S/C49H58ClN9O9S2/c1-33(15-18-56-23-25-69(64,26-24-56)55-48(61)67-4)53-43-12-10-40(29-44(43)59(62)63)70(65,66)54-47(60)41-11-9-38(28-45(41)68-39-27-35-14-17-51-46(35)52-31-39)58-21-19-57(20-22-58)32-36-13-16-49(2,3)30-42(36)34-5-7-37(50)8-6-34/h5-12,14,17,27-29,31,33,53H,13,15-16,18-26,30,32H2,1-4H3,(H,51,52)(H,54,60)/t33-/m0/s1. The lowest BCUT2D eigenvalue weighted by Crippen LogP contribution is -2.47. The van der Waals surface area contributed by atoms with Gasteiger partial charge in [0.05, 0.1) is 38.4 Å². The summed E-state index contributed by atoms with van der Waals surface area (Å²) in [5, 5.41) is 16.9. The molecule has 4 heterocycles. The Kier molecular flexibility index (Phi) is 15.2. The van der Waals surface area contributed by atoms with Crippen LogP contribution in [0.25, 0.3) is 16.6 Å². The maximum atomic E-state index is 14.0. The minimum absolute atomic E-state index is 0.0717. The van der Waals surface area contributed by atoms with E-state index in [9.17, 15) is 32.3 Å². The number of piperazine rings is 1. The summed E-state index contributed by atoms with van der Waals surface area (Å²) in [7, 11) is -6.15. The molecule has 372 valence electrons. The molecule has 2 aliphatic heterocycles. The van der Waals surface area contributed by atoms with Crippen LogP contribution in [0.2, 0.25) is 5.02 Å². The average molecular weight is 1020 g/mol. The zero-order chi connectivity index (χ0) is 49.8. The average Bonchev–Trinajstić information content (AvgIpc) is 3.80. The second-order valence-corrected chi connectivity index (χ2v) is 23.5. The fraction of sp³-hybridized carbons (Fsp3) is 0.408. The van der Waals surface area contributed by atoms with Crippen LogP contribution in [0.1, 0.15) is 62.4 Å². The smallest absolute Gasteiger partial charge is 0.441 e. The van der Waals surface area contributed by atoms with Crippen molar-refractivity contribution < 1.29 is 36.6 Å². The number of H-pyrrole nitrogens is 1. The number of nitrogens with zero attached hydrogens (tertiary/aromatic N) is 6. The summed E-state index contributed by atoms with van der Waals surface area (Å²) in [6.07, 6.45) is 6.09. The van der Waals surface area contributed by atoms with Gasteiger partial charge >= 0.3 is 6.09 Å². The maximum Gasteiger partial charge on any atom is 0.441 e. The molecule has 3 aromatic carbocycles. The van der Waals surface area contributed by atoms with Crippen LogP contribution in [0.4, 0.5) is 21.9 Å². The molecule has 8 rings (SSSR count). The Labute approximate surface area is 413 Å². The summed E-state index contributed by atoms with van der Waals surface area (Å²) in [6.45, 7) is 11.8. The molecule has 3 aliphatic rings. The molecule has 0 bridgehead atoms. The van der Waals surface area contributed by atoms with E-state index in [4.69, 9.17) is 16.3 Å². The number of aromatic nitrogens is 2. The molecule has 0 radical (unpaired) electrons. The lowest BCUT2D eigenvalue weighted by Gasteiger charge is -2.39. The zero-order valence-corrected chi connectivity index (χ0v) is 42.0. The highest BCUT2D eigenvalue weighted by Gasteiger charge is 2.31. The number of nitrogens with one attached hydrogen (secondary N) is 3. The fourth-order valence-electron chi connectivity index (χ4n) is 9.13. The number of hydrogen-bond acceptors (Lipinski definition) is 14. The summed E-state index contributed by atoms with van der Waals surface area (Å²) in [5.41, 5.74) is 5.23. The van der Waals surface area contributed by atoms with Gasteiger partial charge in [0.15, 0.2) is 0 Å². The SMILES string of the molecule is COC(=O)N=S1(=O)CCN(CC[C@H](C)Nc2ccc(S(=O)(=O)NC(=O)c3ccc(N4CCN(CC5=C(c6ccc(Cl)cc6)CC(C)(C)CC5)CC4)cc3Oc3cnc4[nH]ccc4c3)cc2[N+](=O)[O-])CC1. The molecule has 0 saturated carbocycles. The van der Waals surface area contributed by atoms with Crippen molar-refractivity contribution in [3.8, 4) is 11.5 Å². The van der Waals surface area contributed by atoms with Crippen molar-refractivity contribution >= 4 is 77.0 Å². The second kappa shape index (κ2) is 21.1. The Morgan fingerprint density at radius 2 is 1.74 bits per heavy atom. The molecular weight excluding hydrogens is 958 g/mol. The molecule has 0 spiro atoms. The highest BCUT2D eigenvalue weighted by atomic mass is 35.5. The number of hydrogen-bond donors (Lipinski definition) is 3. The molecule has 2 amide bonds. The minimum atomic E-state index is -4.64. The van der Waals surface area contributed by atoms with Crippen molar-refractivity contribution in [2.45, 2.75) is 57.4 Å². The first-order valence-electron chi connectivity index (χ1n) is 23.2. The zero-order valence-electron chi connectivity index (χ0n) is 39.6. The molecule has 2 aromatic heterocycles.